The lowest BCUT2D eigenvalue weighted by molar-refractivity contribution is -0.0268. The lowest BCUT2D eigenvalue weighted by Gasteiger charge is -2.14. The molecule has 0 spiro atoms. The van der Waals surface area contributed by atoms with Crippen molar-refractivity contribution >= 4 is 10.1 Å². The minimum absolute atomic E-state index is 0.00888. The van der Waals surface area contributed by atoms with Crippen molar-refractivity contribution < 1.29 is 60.3 Å². The van der Waals surface area contributed by atoms with Gasteiger partial charge in [-0.3, -0.25) is 4.55 Å². The van der Waals surface area contributed by atoms with E-state index < -0.39 is 10.1 Å². The maximum atomic E-state index is 12.1. The Morgan fingerprint density at radius 1 is 0.425 bits per heavy atom. The molecule has 2 rings (SSSR count). The van der Waals surface area contributed by atoms with Gasteiger partial charge in [0, 0.05) is 0 Å². The van der Waals surface area contributed by atoms with Crippen molar-refractivity contribution in [3.8, 4) is 0 Å². The monoisotopic (exact) mass is 596 g/mol. The fraction of sp³-hybridized carbons (Fsp3) is 0.769. The molecule has 1 aromatic rings. The van der Waals surface area contributed by atoms with Crippen LogP contribution in [0.4, 0.5) is 0 Å². The van der Waals surface area contributed by atoms with Crippen molar-refractivity contribution in [3.05, 3.63) is 29.3 Å². The lowest BCUT2D eigenvalue weighted by Crippen LogP contribution is -2.15. The molecule has 13 nitrogen and oxygen atoms in total. The third kappa shape index (κ3) is 17.5. The van der Waals surface area contributed by atoms with Gasteiger partial charge in [0.25, 0.3) is 10.1 Å². The number of fused-ring (bicyclic) bond motifs is 2. The van der Waals surface area contributed by atoms with E-state index in [2.05, 4.69) is 0 Å². The zero-order valence-electron chi connectivity index (χ0n) is 23.1. The summed E-state index contributed by atoms with van der Waals surface area (Å²) in [5, 5.41) is 0. The smallest absolute Gasteiger partial charge is 0.295 e. The molecule has 2 bridgehead atoms. The first kappa shape index (κ1) is 34.9. The molecule has 0 atom stereocenters. The number of hydrogen-bond donors (Lipinski definition) is 1. The van der Waals surface area contributed by atoms with Gasteiger partial charge in [0.2, 0.25) is 0 Å². The Balaban J connectivity index is 1.75. The van der Waals surface area contributed by atoms with Crippen LogP contribution in [0.25, 0.3) is 0 Å². The van der Waals surface area contributed by atoms with Crippen molar-refractivity contribution in [3.63, 3.8) is 0 Å². The molecule has 40 heavy (non-hydrogen) atoms. The molecule has 0 radical (unpaired) electrons. The molecule has 232 valence electrons. The molecule has 0 aromatic heterocycles. The minimum Gasteiger partial charge on any atom is -0.377 e. The van der Waals surface area contributed by atoms with Crippen molar-refractivity contribution in [1.82, 2.24) is 0 Å². The molecule has 0 aliphatic carbocycles. The zero-order valence-corrected chi connectivity index (χ0v) is 23.9. The van der Waals surface area contributed by atoms with Crippen molar-refractivity contribution in [2.75, 3.05) is 119 Å². The van der Waals surface area contributed by atoms with E-state index in [0.29, 0.717) is 117 Å². The second-order valence-corrected chi connectivity index (χ2v) is 9.74. The van der Waals surface area contributed by atoms with E-state index in [1.54, 1.807) is 18.2 Å². The van der Waals surface area contributed by atoms with Crippen LogP contribution in [-0.4, -0.2) is 132 Å². The molecule has 0 saturated heterocycles. The number of benzene rings is 1. The molecule has 1 aliphatic heterocycles. The van der Waals surface area contributed by atoms with Gasteiger partial charge in [0.05, 0.1) is 132 Å². The summed E-state index contributed by atoms with van der Waals surface area (Å²) in [6, 6.07) is 4.87. The first-order valence-corrected chi connectivity index (χ1v) is 14.9. The van der Waals surface area contributed by atoms with Gasteiger partial charge in [0.1, 0.15) is 4.90 Å². The van der Waals surface area contributed by atoms with E-state index in [0.717, 1.165) is 0 Å². The summed E-state index contributed by atoms with van der Waals surface area (Å²) in [5.74, 6) is 0. The third-order valence-corrected chi connectivity index (χ3v) is 6.34. The Kier molecular flexibility index (Phi) is 20.4. The lowest BCUT2D eigenvalue weighted by atomic mass is 10.1. The number of ether oxygens (including phenoxy) is 10. The quantitative estimate of drug-likeness (QED) is 0.462. The van der Waals surface area contributed by atoms with Gasteiger partial charge in [-0.15, -0.1) is 0 Å². The fourth-order valence-corrected chi connectivity index (χ4v) is 4.35. The SMILES string of the molecule is O=S(=O)(O)c1c2cccc1COCCOCCOCCOCCOCCOCCOCCOCCOCCOC2. The summed E-state index contributed by atoms with van der Waals surface area (Å²) in [5.41, 5.74) is 0.674. The van der Waals surface area contributed by atoms with Crippen molar-refractivity contribution in [2.24, 2.45) is 0 Å². The average Bonchev–Trinajstić information content (AvgIpc) is 2.93. The fourth-order valence-electron chi connectivity index (χ4n) is 3.44. The Morgan fingerprint density at radius 2 is 0.650 bits per heavy atom. The van der Waals surface area contributed by atoms with E-state index in [1.807, 2.05) is 0 Å². The zero-order chi connectivity index (χ0) is 28.6. The molecule has 0 fully saturated rings. The minimum atomic E-state index is -4.49. The van der Waals surface area contributed by atoms with Crippen molar-refractivity contribution in [2.45, 2.75) is 18.1 Å². The standard InChI is InChI=1S/C26H44O13S/c27-40(28,29)26-24-2-1-3-25(26)23-39-21-19-37-17-15-35-13-11-33-9-7-31-5-4-30-6-8-32-10-12-34-14-16-36-18-20-38-22-24/h1-3H,4-23H2,(H,27,28,29). The van der Waals surface area contributed by atoms with Gasteiger partial charge in [-0.05, 0) is 11.1 Å². The Hall–Kier alpha value is -1.27. The van der Waals surface area contributed by atoms with Gasteiger partial charge >= 0.3 is 0 Å². The van der Waals surface area contributed by atoms with Gasteiger partial charge in [0.15, 0.2) is 0 Å². The topological polar surface area (TPSA) is 147 Å². The van der Waals surface area contributed by atoms with E-state index in [4.69, 9.17) is 47.4 Å². The van der Waals surface area contributed by atoms with Crippen LogP contribution in [0.2, 0.25) is 0 Å². The first-order valence-electron chi connectivity index (χ1n) is 13.4. The average molecular weight is 597 g/mol. The summed E-state index contributed by atoms with van der Waals surface area (Å²) < 4.78 is 88.7. The van der Waals surface area contributed by atoms with Crippen LogP contribution in [0.5, 0.6) is 0 Å². The Bertz CT molecular complexity index is 803. The number of hydrogen-bond acceptors (Lipinski definition) is 12. The molecule has 1 N–H and O–H groups in total. The molecule has 0 amide bonds. The van der Waals surface area contributed by atoms with Crippen LogP contribution in [-0.2, 0) is 70.7 Å². The summed E-state index contributed by atoms with van der Waals surface area (Å²) in [6.07, 6.45) is 0. The summed E-state index contributed by atoms with van der Waals surface area (Å²) in [6.45, 7) is 7.36. The van der Waals surface area contributed by atoms with E-state index >= 15 is 0 Å². The van der Waals surface area contributed by atoms with Crippen LogP contribution in [0.15, 0.2) is 23.1 Å². The second-order valence-electron chi connectivity index (χ2n) is 8.38. The van der Waals surface area contributed by atoms with E-state index in [-0.39, 0.29) is 31.3 Å². The van der Waals surface area contributed by atoms with Crippen LogP contribution in [0.3, 0.4) is 0 Å². The predicted octanol–water partition coefficient (Wildman–Crippen LogP) is 1.11. The normalized spacial score (nSPS) is 21.3. The highest BCUT2D eigenvalue weighted by atomic mass is 32.2. The first-order chi connectivity index (χ1) is 19.6. The van der Waals surface area contributed by atoms with Crippen LogP contribution < -0.4 is 0 Å². The molecular weight excluding hydrogens is 552 g/mol. The molecule has 1 aromatic carbocycles. The Morgan fingerprint density at radius 3 is 0.875 bits per heavy atom. The van der Waals surface area contributed by atoms with Crippen molar-refractivity contribution in [1.29, 1.82) is 0 Å². The van der Waals surface area contributed by atoms with Gasteiger partial charge in [-0.25, -0.2) is 0 Å². The van der Waals surface area contributed by atoms with Gasteiger partial charge in [-0.2, -0.15) is 8.42 Å². The summed E-state index contributed by atoms with van der Waals surface area (Å²) >= 11 is 0. The summed E-state index contributed by atoms with van der Waals surface area (Å²) in [7, 11) is -4.49. The Labute approximate surface area is 236 Å². The maximum absolute atomic E-state index is 12.1. The van der Waals surface area contributed by atoms with E-state index in [9.17, 15) is 13.0 Å². The predicted molar refractivity (Wildman–Crippen MR) is 142 cm³/mol. The highest BCUT2D eigenvalue weighted by molar-refractivity contribution is 7.86. The highest BCUT2D eigenvalue weighted by Crippen LogP contribution is 2.22. The third-order valence-electron chi connectivity index (χ3n) is 5.30. The molecule has 14 heteroatoms. The van der Waals surface area contributed by atoms with Gasteiger partial charge < -0.3 is 47.4 Å². The van der Waals surface area contributed by atoms with Crippen LogP contribution in [0.1, 0.15) is 11.1 Å². The molecular formula is C26H44O13S. The number of rotatable bonds is 1. The molecule has 1 aliphatic rings. The van der Waals surface area contributed by atoms with Gasteiger partial charge in [-0.1, -0.05) is 18.2 Å². The maximum Gasteiger partial charge on any atom is 0.295 e. The van der Waals surface area contributed by atoms with E-state index in [1.165, 1.54) is 0 Å². The molecule has 1 heterocycles. The highest BCUT2D eigenvalue weighted by Gasteiger charge is 2.20. The summed E-state index contributed by atoms with van der Waals surface area (Å²) in [4.78, 5) is -0.206. The molecule has 0 saturated carbocycles. The second kappa shape index (κ2) is 23.3. The largest absolute Gasteiger partial charge is 0.377 e. The van der Waals surface area contributed by atoms with Crippen LogP contribution in [0, 0.1) is 0 Å². The van der Waals surface area contributed by atoms with Crippen LogP contribution >= 0.6 is 0 Å². The molecule has 0 unspecified atom stereocenters.